The maximum atomic E-state index is 6.44. The molecule has 2 heterocycles. The predicted molar refractivity (Wildman–Crippen MR) is 207 cm³/mol. The molecule has 0 saturated carbocycles. The SMILES string of the molecule is C=C1C=CCc2cc3c(cc2N1c1cccc(/C=C\C(N)C2=CC=C(C)C2)c1)[nH]c1ccccc13.CC.CC.CC.CC.CC. The zero-order chi connectivity index (χ0) is 33.9. The summed E-state index contributed by atoms with van der Waals surface area (Å²) < 4.78 is 0. The van der Waals surface area contributed by atoms with Gasteiger partial charge in [0.25, 0.3) is 0 Å². The van der Waals surface area contributed by atoms with E-state index in [4.69, 9.17) is 5.73 Å². The lowest BCUT2D eigenvalue weighted by Gasteiger charge is -2.27. The van der Waals surface area contributed by atoms with Gasteiger partial charge in [-0.15, -0.1) is 0 Å². The van der Waals surface area contributed by atoms with E-state index in [0.29, 0.717) is 0 Å². The number of fused-ring (bicyclic) bond motifs is 4. The molecule has 0 saturated heterocycles. The van der Waals surface area contributed by atoms with Crippen molar-refractivity contribution >= 4 is 39.3 Å². The van der Waals surface area contributed by atoms with Crippen LogP contribution in [0.4, 0.5) is 11.4 Å². The molecule has 2 aliphatic rings. The molecule has 0 amide bonds. The van der Waals surface area contributed by atoms with Crippen molar-refractivity contribution in [3.63, 3.8) is 0 Å². The van der Waals surface area contributed by atoms with Gasteiger partial charge in [0.1, 0.15) is 0 Å². The number of allylic oxidation sites excluding steroid dienone is 5. The summed E-state index contributed by atoms with van der Waals surface area (Å²) in [6.45, 7) is 26.5. The van der Waals surface area contributed by atoms with Crippen LogP contribution in [0.1, 0.15) is 93.7 Å². The van der Waals surface area contributed by atoms with Crippen molar-refractivity contribution in [2.24, 2.45) is 5.73 Å². The Kier molecular flexibility index (Phi) is 18.0. The second kappa shape index (κ2) is 20.8. The molecule has 1 aromatic heterocycles. The predicted octanol–water partition coefficient (Wildman–Crippen LogP) is 12.8. The summed E-state index contributed by atoms with van der Waals surface area (Å²) in [5.41, 5.74) is 17.0. The third kappa shape index (κ3) is 9.70. The van der Waals surface area contributed by atoms with Crippen molar-refractivity contribution < 1.29 is 0 Å². The number of rotatable bonds is 4. The number of hydrogen-bond acceptors (Lipinski definition) is 2. The molecule has 4 aromatic rings. The first-order valence-electron chi connectivity index (χ1n) is 17.2. The third-order valence-corrected chi connectivity index (χ3v) is 7.00. The normalized spacial score (nSPS) is 13.6. The zero-order valence-corrected chi connectivity index (χ0v) is 30.0. The first kappa shape index (κ1) is 38.9. The molecule has 3 N–H and O–H groups in total. The van der Waals surface area contributed by atoms with E-state index in [2.05, 4.69) is 121 Å². The number of para-hydroxylation sites is 1. The van der Waals surface area contributed by atoms with Gasteiger partial charge in [-0.2, -0.15) is 0 Å². The number of benzene rings is 3. The van der Waals surface area contributed by atoms with Gasteiger partial charge in [0.05, 0.1) is 5.69 Å². The van der Waals surface area contributed by atoms with Gasteiger partial charge in [0, 0.05) is 39.2 Å². The molecule has 1 atom stereocenters. The monoisotopic (exact) mass is 605 g/mol. The summed E-state index contributed by atoms with van der Waals surface area (Å²) in [4.78, 5) is 5.86. The average molecular weight is 606 g/mol. The van der Waals surface area contributed by atoms with E-state index in [1.165, 1.54) is 27.5 Å². The zero-order valence-electron chi connectivity index (χ0n) is 30.0. The number of nitrogens with one attached hydrogen (secondary N) is 1. The van der Waals surface area contributed by atoms with E-state index in [9.17, 15) is 0 Å². The fraction of sp³-hybridized carbons (Fsp3) is 0.333. The quantitative estimate of drug-likeness (QED) is 0.243. The lowest BCUT2D eigenvalue weighted by molar-refractivity contribution is 0.910. The van der Waals surface area contributed by atoms with Crippen molar-refractivity contribution in [1.82, 2.24) is 4.98 Å². The fourth-order valence-electron chi connectivity index (χ4n) is 5.18. The number of hydrogen-bond donors (Lipinski definition) is 2. The van der Waals surface area contributed by atoms with Crippen molar-refractivity contribution in [3.8, 4) is 0 Å². The van der Waals surface area contributed by atoms with Crippen LogP contribution in [0.15, 0.2) is 114 Å². The number of aromatic amines is 1. The summed E-state index contributed by atoms with van der Waals surface area (Å²) in [5.74, 6) is 0. The van der Waals surface area contributed by atoms with E-state index >= 15 is 0 Å². The molecule has 3 aromatic carbocycles. The van der Waals surface area contributed by atoms with Gasteiger partial charge in [-0.1, -0.05) is 142 Å². The molecule has 242 valence electrons. The summed E-state index contributed by atoms with van der Waals surface area (Å²) in [6, 6.07) is 21.6. The van der Waals surface area contributed by atoms with E-state index < -0.39 is 0 Å². The van der Waals surface area contributed by atoms with E-state index in [1.807, 2.05) is 69.2 Å². The van der Waals surface area contributed by atoms with E-state index in [-0.39, 0.29) is 6.04 Å². The molecule has 1 aliphatic carbocycles. The highest BCUT2D eigenvalue weighted by molar-refractivity contribution is 6.08. The Hall–Kier alpha value is -4.08. The van der Waals surface area contributed by atoms with Gasteiger partial charge in [-0.25, -0.2) is 0 Å². The van der Waals surface area contributed by atoms with Crippen LogP contribution < -0.4 is 10.6 Å². The summed E-state index contributed by atoms with van der Waals surface area (Å²) in [7, 11) is 0. The van der Waals surface area contributed by atoms with Crippen LogP contribution >= 0.6 is 0 Å². The second-order valence-electron chi connectivity index (χ2n) is 9.54. The Morgan fingerprint density at radius 2 is 1.49 bits per heavy atom. The minimum Gasteiger partial charge on any atom is -0.354 e. The minimum absolute atomic E-state index is 0.0699. The van der Waals surface area contributed by atoms with Crippen molar-refractivity contribution in [2.45, 2.75) is 95.0 Å². The summed E-state index contributed by atoms with van der Waals surface area (Å²) >= 11 is 0. The molecule has 1 unspecified atom stereocenters. The van der Waals surface area contributed by atoms with Crippen LogP contribution in [0.25, 0.3) is 27.9 Å². The largest absolute Gasteiger partial charge is 0.354 e. The van der Waals surface area contributed by atoms with Crippen LogP contribution in [-0.4, -0.2) is 11.0 Å². The molecule has 0 radical (unpaired) electrons. The molecule has 6 rings (SSSR count). The standard InChI is InChI=1S/C32H29N3.5C2H6/c1-21-13-15-24(17-21)29(33)16-14-23-8-6-10-26(18-23)35-22(2)7-5-9-25-19-28-27-11-3-4-12-30(27)34-31(28)20-32(25)35;5*1-2/h3-8,10-16,18-20,29,34H,2,9,17,33H2,1H3;5*1-2H3/b16-14-;;;;;. The Morgan fingerprint density at radius 1 is 0.800 bits per heavy atom. The number of H-pyrrole nitrogens is 1. The van der Waals surface area contributed by atoms with E-state index in [0.717, 1.165) is 46.5 Å². The van der Waals surface area contributed by atoms with Gasteiger partial charge in [0.2, 0.25) is 0 Å². The lowest BCUT2D eigenvalue weighted by atomic mass is 10.0. The molecule has 3 heteroatoms. The average Bonchev–Trinajstić information content (AvgIpc) is 3.67. The summed E-state index contributed by atoms with van der Waals surface area (Å²) in [5, 5.41) is 2.52. The fourth-order valence-corrected chi connectivity index (χ4v) is 5.18. The van der Waals surface area contributed by atoms with Gasteiger partial charge in [0.15, 0.2) is 0 Å². The van der Waals surface area contributed by atoms with Crippen molar-refractivity contribution in [3.05, 3.63) is 126 Å². The Balaban J connectivity index is 0.000000926. The molecule has 0 bridgehead atoms. The Bertz CT molecular complexity index is 1590. The van der Waals surface area contributed by atoms with Crippen LogP contribution in [-0.2, 0) is 6.42 Å². The topological polar surface area (TPSA) is 45.0 Å². The highest BCUT2D eigenvalue weighted by atomic mass is 15.1. The van der Waals surface area contributed by atoms with Crippen molar-refractivity contribution in [1.29, 1.82) is 0 Å². The Labute approximate surface area is 274 Å². The molecular formula is C42H59N3. The first-order chi connectivity index (χ1) is 22.1. The first-order valence-corrected chi connectivity index (χ1v) is 17.2. The van der Waals surface area contributed by atoms with Gasteiger partial charge in [-0.3, -0.25) is 0 Å². The number of nitrogens with zero attached hydrogens (tertiary/aromatic N) is 1. The summed E-state index contributed by atoms with van der Waals surface area (Å²) in [6.07, 6.45) is 14.7. The number of anilines is 2. The molecule has 3 nitrogen and oxygen atoms in total. The van der Waals surface area contributed by atoms with Crippen molar-refractivity contribution in [2.75, 3.05) is 4.90 Å². The lowest BCUT2D eigenvalue weighted by Crippen LogP contribution is -2.19. The maximum absolute atomic E-state index is 6.44. The highest BCUT2D eigenvalue weighted by Crippen LogP contribution is 2.39. The van der Waals surface area contributed by atoms with E-state index in [1.54, 1.807) is 0 Å². The molecule has 0 fully saturated rings. The van der Waals surface area contributed by atoms with Gasteiger partial charge in [-0.05, 0) is 72.9 Å². The molecule has 45 heavy (non-hydrogen) atoms. The molecule has 0 spiro atoms. The van der Waals surface area contributed by atoms with Gasteiger partial charge >= 0.3 is 0 Å². The number of nitrogens with two attached hydrogens (primary N) is 1. The molecular weight excluding hydrogens is 546 g/mol. The van der Waals surface area contributed by atoms with Crippen LogP contribution in [0.5, 0.6) is 0 Å². The Morgan fingerprint density at radius 3 is 2.16 bits per heavy atom. The number of aromatic nitrogens is 1. The maximum Gasteiger partial charge on any atom is 0.0517 e. The molecule has 1 aliphatic heterocycles. The third-order valence-electron chi connectivity index (χ3n) is 7.00. The van der Waals surface area contributed by atoms with Gasteiger partial charge < -0.3 is 15.6 Å². The van der Waals surface area contributed by atoms with Crippen LogP contribution in [0, 0.1) is 0 Å². The minimum atomic E-state index is -0.0699. The highest BCUT2D eigenvalue weighted by Gasteiger charge is 2.20. The van der Waals surface area contributed by atoms with Crippen LogP contribution in [0.3, 0.4) is 0 Å². The smallest absolute Gasteiger partial charge is 0.0517 e. The van der Waals surface area contributed by atoms with Crippen LogP contribution in [0.2, 0.25) is 0 Å². The second-order valence-corrected chi connectivity index (χ2v) is 9.54.